The number of hydrogen-bond acceptors (Lipinski definition) is 11. The number of rotatable bonds is 10. The van der Waals surface area contributed by atoms with Gasteiger partial charge in [-0.15, -0.1) is 0 Å². The van der Waals surface area contributed by atoms with Crippen molar-refractivity contribution in [1.82, 2.24) is 14.9 Å². The highest BCUT2D eigenvalue weighted by molar-refractivity contribution is 9.10. The first-order valence-corrected chi connectivity index (χ1v) is 18.2. The molecule has 2 aromatic carbocycles. The number of hydrogen-bond donors (Lipinski definition) is 2. The summed E-state index contributed by atoms with van der Waals surface area (Å²) in [5.74, 6) is 3.39. The number of halogens is 1. The van der Waals surface area contributed by atoms with E-state index in [-0.39, 0.29) is 6.79 Å². The van der Waals surface area contributed by atoms with Crippen molar-refractivity contribution < 1.29 is 23.5 Å². The number of fused-ring (bicyclic) bond motifs is 1. The number of nitrogens with zero attached hydrogens (tertiary/aromatic N) is 4. The fourth-order valence-corrected chi connectivity index (χ4v) is 8.03. The summed E-state index contributed by atoms with van der Waals surface area (Å²) in [7, 11) is 0.734. The molecule has 0 spiro atoms. The highest BCUT2D eigenvalue weighted by Gasteiger charge is 2.34. The molecule has 3 aliphatic rings. The van der Waals surface area contributed by atoms with Crippen molar-refractivity contribution in [2.75, 3.05) is 82.7 Å². The summed E-state index contributed by atoms with van der Waals surface area (Å²) < 4.78 is 36.3. The predicted molar refractivity (Wildman–Crippen MR) is 178 cm³/mol. The van der Waals surface area contributed by atoms with Gasteiger partial charge in [-0.25, -0.2) is 4.98 Å². The van der Waals surface area contributed by atoms with E-state index in [2.05, 4.69) is 60.4 Å². The fraction of sp³-hybridized carbons (Fsp3) is 0.484. The Kier molecular flexibility index (Phi) is 8.97. The Morgan fingerprint density at radius 3 is 2.57 bits per heavy atom. The number of benzene rings is 2. The van der Waals surface area contributed by atoms with Gasteiger partial charge in [-0.05, 0) is 72.8 Å². The first-order chi connectivity index (χ1) is 21.1. The molecule has 0 saturated carbocycles. The van der Waals surface area contributed by atoms with Crippen molar-refractivity contribution in [3.05, 3.63) is 40.5 Å². The minimum Gasteiger partial charge on any atom is -0.494 e. The average Bonchev–Trinajstić information content (AvgIpc) is 3.45. The smallest absolute Gasteiger partial charge is 0.231 e. The van der Waals surface area contributed by atoms with Gasteiger partial charge in [-0.3, -0.25) is 4.90 Å². The standard InChI is InChI=1S/C31H40BrN6O5P/c1-19-12-24(27(41-3)13-25(19)37-10-8-21(9-11-37)38-15-20(16-38)17-40-2)35-31-33-14-22(32)30(36-31)34-23-6-7-26-28(43-18-42-26)29(23)44(4,5)39/h6-7,12-14,20-21H,8-11,15-18H2,1-5H3,(H2,33,34,35,36). The number of aromatic nitrogens is 2. The Labute approximate surface area is 267 Å². The lowest BCUT2D eigenvalue weighted by Gasteiger charge is -2.47. The normalized spacial score (nSPS) is 17.5. The molecule has 2 saturated heterocycles. The van der Waals surface area contributed by atoms with Crippen LogP contribution in [0.1, 0.15) is 18.4 Å². The van der Waals surface area contributed by atoms with E-state index in [9.17, 15) is 4.57 Å². The molecular weight excluding hydrogens is 647 g/mol. The van der Waals surface area contributed by atoms with E-state index in [1.807, 2.05) is 6.07 Å². The molecule has 4 heterocycles. The highest BCUT2D eigenvalue weighted by atomic mass is 79.9. The van der Waals surface area contributed by atoms with Gasteiger partial charge in [0.2, 0.25) is 12.7 Å². The summed E-state index contributed by atoms with van der Waals surface area (Å²) in [5.41, 5.74) is 3.75. The molecule has 2 fully saturated rings. The zero-order chi connectivity index (χ0) is 31.0. The fourth-order valence-electron chi connectivity index (χ4n) is 6.36. The maximum atomic E-state index is 13.3. The molecule has 0 aliphatic carbocycles. The second kappa shape index (κ2) is 12.7. The lowest BCUT2D eigenvalue weighted by atomic mass is 9.93. The number of methoxy groups -OCH3 is 2. The third-order valence-corrected chi connectivity index (χ3v) is 10.6. The number of likely N-dealkylation sites (tertiary alicyclic amines) is 1. The molecule has 0 amide bonds. The van der Waals surface area contributed by atoms with E-state index in [0.717, 1.165) is 62.6 Å². The summed E-state index contributed by atoms with van der Waals surface area (Å²) in [6.45, 7) is 10.8. The van der Waals surface area contributed by atoms with Crippen LogP contribution in [-0.4, -0.2) is 88.0 Å². The number of ether oxygens (including phenoxy) is 4. The molecule has 0 unspecified atom stereocenters. The number of piperidine rings is 1. The number of anilines is 5. The summed E-state index contributed by atoms with van der Waals surface area (Å²) >= 11 is 3.56. The zero-order valence-corrected chi connectivity index (χ0v) is 28.3. The van der Waals surface area contributed by atoms with E-state index in [1.54, 1.807) is 39.8 Å². The first kappa shape index (κ1) is 31.0. The summed E-state index contributed by atoms with van der Waals surface area (Å²) in [6.07, 6.45) is 3.98. The largest absolute Gasteiger partial charge is 0.494 e. The van der Waals surface area contributed by atoms with Crippen LogP contribution in [0.4, 0.5) is 28.8 Å². The third-order valence-electron chi connectivity index (χ3n) is 8.52. The van der Waals surface area contributed by atoms with Crippen molar-refractivity contribution in [2.45, 2.75) is 25.8 Å². The molecular formula is C31H40BrN6O5P. The van der Waals surface area contributed by atoms with Crippen molar-refractivity contribution in [3.63, 3.8) is 0 Å². The highest BCUT2D eigenvalue weighted by Crippen LogP contribution is 2.47. The molecule has 6 rings (SSSR count). The van der Waals surface area contributed by atoms with E-state index in [4.69, 9.17) is 23.9 Å². The predicted octanol–water partition coefficient (Wildman–Crippen LogP) is 5.57. The second-order valence-electron chi connectivity index (χ2n) is 12.0. The molecule has 0 radical (unpaired) electrons. The Bertz CT molecular complexity index is 1570. The summed E-state index contributed by atoms with van der Waals surface area (Å²) in [6, 6.07) is 8.48. The van der Waals surface area contributed by atoms with Crippen molar-refractivity contribution >= 4 is 57.2 Å². The van der Waals surface area contributed by atoms with E-state index >= 15 is 0 Å². The Hall–Kier alpha value is -3.05. The topological polar surface area (TPSA) is 110 Å². The lowest BCUT2D eigenvalue weighted by Crippen LogP contribution is -2.56. The molecule has 236 valence electrons. The van der Waals surface area contributed by atoms with Gasteiger partial charge in [0.05, 0.1) is 34.9 Å². The molecule has 0 bridgehead atoms. The minimum atomic E-state index is -2.73. The summed E-state index contributed by atoms with van der Waals surface area (Å²) in [5, 5.41) is 7.26. The van der Waals surface area contributed by atoms with Crippen LogP contribution in [0.5, 0.6) is 17.2 Å². The SMILES string of the molecule is COCC1CN(C2CCN(c3cc(OC)c(Nc4ncc(Br)c(Nc5ccc6c(c5P(C)(C)=O)OCO6)n4)cc3C)CC2)C1. The van der Waals surface area contributed by atoms with Crippen molar-refractivity contribution in [3.8, 4) is 17.2 Å². The molecule has 0 atom stereocenters. The summed E-state index contributed by atoms with van der Waals surface area (Å²) in [4.78, 5) is 14.3. The van der Waals surface area contributed by atoms with Crippen molar-refractivity contribution in [2.24, 2.45) is 5.92 Å². The molecule has 13 heteroatoms. The van der Waals surface area contributed by atoms with Crippen LogP contribution < -0.4 is 35.0 Å². The Morgan fingerprint density at radius 1 is 1.09 bits per heavy atom. The van der Waals surface area contributed by atoms with Crippen LogP contribution >= 0.6 is 23.1 Å². The van der Waals surface area contributed by atoms with Crippen LogP contribution in [0.25, 0.3) is 0 Å². The molecule has 2 N–H and O–H groups in total. The molecule has 44 heavy (non-hydrogen) atoms. The number of aryl methyl sites for hydroxylation is 1. The minimum absolute atomic E-state index is 0.101. The van der Waals surface area contributed by atoms with Crippen LogP contribution in [0.2, 0.25) is 0 Å². The van der Waals surface area contributed by atoms with Gasteiger partial charge < -0.3 is 39.0 Å². The number of nitrogens with one attached hydrogen (secondary N) is 2. The lowest BCUT2D eigenvalue weighted by molar-refractivity contribution is -0.000666. The molecule has 1 aromatic heterocycles. The Balaban J connectivity index is 1.17. The van der Waals surface area contributed by atoms with Gasteiger partial charge in [0.15, 0.2) is 11.5 Å². The Morgan fingerprint density at radius 2 is 1.86 bits per heavy atom. The van der Waals surface area contributed by atoms with Gasteiger partial charge in [0.1, 0.15) is 18.7 Å². The van der Waals surface area contributed by atoms with Gasteiger partial charge in [0.25, 0.3) is 0 Å². The quantitative estimate of drug-likeness (QED) is 0.261. The van der Waals surface area contributed by atoms with E-state index in [0.29, 0.717) is 50.7 Å². The third kappa shape index (κ3) is 6.36. The molecule has 11 nitrogen and oxygen atoms in total. The van der Waals surface area contributed by atoms with Crippen LogP contribution in [0.3, 0.4) is 0 Å². The monoisotopic (exact) mass is 686 g/mol. The van der Waals surface area contributed by atoms with Crippen LogP contribution in [0, 0.1) is 12.8 Å². The van der Waals surface area contributed by atoms with E-state index < -0.39 is 7.14 Å². The maximum Gasteiger partial charge on any atom is 0.231 e. The maximum absolute atomic E-state index is 13.3. The molecule has 3 aromatic rings. The van der Waals surface area contributed by atoms with E-state index in [1.165, 1.54) is 5.69 Å². The zero-order valence-electron chi connectivity index (χ0n) is 25.9. The van der Waals surface area contributed by atoms with Crippen LogP contribution in [-0.2, 0) is 9.30 Å². The average molecular weight is 688 g/mol. The van der Waals surface area contributed by atoms with Gasteiger partial charge in [-0.1, -0.05) is 0 Å². The second-order valence-corrected chi connectivity index (χ2v) is 16.0. The van der Waals surface area contributed by atoms with Gasteiger partial charge in [-0.2, -0.15) is 4.98 Å². The first-order valence-electron chi connectivity index (χ1n) is 14.9. The van der Waals surface area contributed by atoms with Gasteiger partial charge >= 0.3 is 0 Å². The van der Waals surface area contributed by atoms with Crippen molar-refractivity contribution in [1.29, 1.82) is 0 Å². The van der Waals surface area contributed by atoms with Crippen LogP contribution in [0.15, 0.2) is 34.9 Å². The van der Waals surface area contributed by atoms with Gasteiger partial charge in [0, 0.05) is 63.2 Å². The molecule has 3 aliphatic heterocycles.